The molecule has 1 aliphatic rings. The second-order valence-corrected chi connectivity index (χ2v) is 8.08. The van der Waals surface area contributed by atoms with Crippen LogP contribution in [0.4, 0.5) is 0 Å². The van der Waals surface area contributed by atoms with Crippen molar-refractivity contribution in [2.24, 2.45) is 4.99 Å². The number of aliphatic imine (C=N–C) groups is 1. The smallest absolute Gasteiger partial charge is 0.191 e. The summed E-state index contributed by atoms with van der Waals surface area (Å²) < 4.78 is 16.3. The molecule has 7 nitrogen and oxygen atoms in total. The number of hydrogen-bond donors (Lipinski definition) is 2. The number of likely N-dealkylation sites (tertiary alicyclic amines) is 1. The number of rotatable bonds is 9. The minimum absolute atomic E-state index is 0.363. The normalized spacial score (nSPS) is 15.7. The average Bonchev–Trinajstić information content (AvgIpc) is 3.50. The van der Waals surface area contributed by atoms with Gasteiger partial charge in [-0.25, -0.2) is 0 Å². The first-order valence-corrected chi connectivity index (χ1v) is 11.1. The maximum atomic E-state index is 5.53. The van der Waals surface area contributed by atoms with Gasteiger partial charge in [-0.1, -0.05) is 6.07 Å². The molecule has 1 aliphatic heterocycles. The van der Waals surface area contributed by atoms with Gasteiger partial charge in [0.15, 0.2) is 17.5 Å². The zero-order valence-electron chi connectivity index (χ0n) is 18.2. The summed E-state index contributed by atoms with van der Waals surface area (Å²) in [6.45, 7) is 3.66. The second-order valence-electron chi connectivity index (χ2n) is 7.10. The van der Waals surface area contributed by atoms with Crippen molar-refractivity contribution in [3.8, 4) is 17.2 Å². The quantitative estimate of drug-likeness (QED) is 0.468. The SMILES string of the molecule is CN=C(NCc1cc(OC)c(OC)cc1OC)NCC(c1cccs1)N1CCCC1. The van der Waals surface area contributed by atoms with Crippen molar-refractivity contribution in [2.75, 3.05) is 48.0 Å². The molecule has 30 heavy (non-hydrogen) atoms. The van der Waals surface area contributed by atoms with Crippen LogP contribution in [-0.2, 0) is 6.54 Å². The van der Waals surface area contributed by atoms with E-state index in [2.05, 4.69) is 38.0 Å². The van der Waals surface area contributed by atoms with E-state index in [1.807, 2.05) is 23.5 Å². The fourth-order valence-electron chi connectivity index (χ4n) is 3.77. The zero-order valence-corrected chi connectivity index (χ0v) is 19.1. The number of hydrogen-bond acceptors (Lipinski definition) is 6. The molecule has 164 valence electrons. The van der Waals surface area contributed by atoms with Crippen molar-refractivity contribution < 1.29 is 14.2 Å². The molecule has 0 saturated carbocycles. The highest BCUT2D eigenvalue weighted by Crippen LogP contribution is 2.34. The van der Waals surface area contributed by atoms with Gasteiger partial charge in [0.1, 0.15) is 5.75 Å². The predicted octanol–water partition coefficient (Wildman–Crippen LogP) is 3.28. The number of nitrogens with one attached hydrogen (secondary N) is 2. The summed E-state index contributed by atoms with van der Waals surface area (Å²) in [5.74, 6) is 2.81. The molecule has 2 N–H and O–H groups in total. The lowest BCUT2D eigenvalue weighted by Gasteiger charge is -2.27. The van der Waals surface area contributed by atoms with Gasteiger partial charge in [0.2, 0.25) is 0 Å². The van der Waals surface area contributed by atoms with Crippen LogP contribution in [0.15, 0.2) is 34.6 Å². The molecule has 8 heteroatoms. The standard InChI is InChI=1S/C22H32N4O3S/c1-23-22(24-14-16-12-19(28-3)20(29-4)13-18(16)27-2)25-15-17(21-8-7-11-30-21)26-9-5-6-10-26/h7-8,11-13,17H,5-6,9-10,14-15H2,1-4H3,(H2,23,24,25). The number of guanidine groups is 1. The lowest BCUT2D eigenvalue weighted by atomic mass is 10.1. The summed E-state index contributed by atoms with van der Waals surface area (Å²) in [5, 5.41) is 9.04. The Labute approximate surface area is 183 Å². The number of thiophene rings is 1. The molecule has 1 saturated heterocycles. The Bertz CT molecular complexity index is 820. The number of benzene rings is 1. The maximum Gasteiger partial charge on any atom is 0.191 e. The van der Waals surface area contributed by atoms with E-state index in [1.54, 1.807) is 28.4 Å². The van der Waals surface area contributed by atoms with Gasteiger partial charge in [0.25, 0.3) is 0 Å². The highest BCUT2D eigenvalue weighted by Gasteiger charge is 2.24. The van der Waals surface area contributed by atoms with Gasteiger partial charge in [0.05, 0.1) is 27.4 Å². The molecule has 0 bridgehead atoms. The maximum absolute atomic E-state index is 5.53. The molecular weight excluding hydrogens is 400 g/mol. The van der Waals surface area contributed by atoms with Crippen LogP contribution in [0.25, 0.3) is 0 Å². The first-order valence-electron chi connectivity index (χ1n) is 10.2. The van der Waals surface area contributed by atoms with Crippen LogP contribution in [0.5, 0.6) is 17.2 Å². The van der Waals surface area contributed by atoms with Crippen LogP contribution >= 0.6 is 11.3 Å². The number of methoxy groups -OCH3 is 3. The minimum atomic E-state index is 0.363. The Kier molecular flexibility index (Phi) is 8.21. The second kappa shape index (κ2) is 11.1. The van der Waals surface area contributed by atoms with Gasteiger partial charge in [-0.05, 0) is 43.4 Å². The van der Waals surface area contributed by atoms with E-state index in [0.29, 0.717) is 24.1 Å². The first kappa shape index (κ1) is 22.2. The topological polar surface area (TPSA) is 67.4 Å². The van der Waals surface area contributed by atoms with Gasteiger partial charge in [0, 0.05) is 36.6 Å². The first-order chi connectivity index (χ1) is 14.7. The van der Waals surface area contributed by atoms with E-state index in [4.69, 9.17) is 14.2 Å². The summed E-state index contributed by atoms with van der Waals surface area (Å²) in [5.41, 5.74) is 0.965. The lowest BCUT2D eigenvalue weighted by Crippen LogP contribution is -2.42. The van der Waals surface area contributed by atoms with Crippen molar-refractivity contribution in [1.29, 1.82) is 0 Å². The van der Waals surface area contributed by atoms with Gasteiger partial charge in [-0.2, -0.15) is 0 Å². The Morgan fingerprint density at radius 2 is 1.77 bits per heavy atom. The van der Waals surface area contributed by atoms with Crippen LogP contribution in [-0.4, -0.2) is 58.9 Å². The fraction of sp³-hybridized carbons (Fsp3) is 0.500. The number of ether oxygens (including phenoxy) is 3. The van der Waals surface area contributed by atoms with Crippen molar-refractivity contribution in [3.63, 3.8) is 0 Å². The van der Waals surface area contributed by atoms with Crippen molar-refractivity contribution in [3.05, 3.63) is 40.1 Å². The molecule has 1 atom stereocenters. The van der Waals surface area contributed by atoms with E-state index in [1.165, 1.54) is 17.7 Å². The molecule has 0 amide bonds. The molecule has 2 aromatic rings. The summed E-state index contributed by atoms with van der Waals surface area (Å²) in [4.78, 5) is 8.35. The Morgan fingerprint density at radius 3 is 2.37 bits per heavy atom. The van der Waals surface area contributed by atoms with Crippen LogP contribution in [0.2, 0.25) is 0 Å². The molecule has 0 radical (unpaired) electrons. The molecule has 3 rings (SSSR count). The van der Waals surface area contributed by atoms with E-state index in [-0.39, 0.29) is 0 Å². The molecule has 0 aliphatic carbocycles. The van der Waals surface area contributed by atoms with E-state index >= 15 is 0 Å². The number of nitrogens with zero attached hydrogens (tertiary/aromatic N) is 2. The fourth-order valence-corrected chi connectivity index (χ4v) is 4.63. The van der Waals surface area contributed by atoms with Crippen molar-refractivity contribution in [1.82, 2.24) is 15.5 Å². The molecule has 1 aromatic heterocycles. The molecule has 1 unspecified atom stereocenters. The third-order valence-electron chi connectivity index (χ3n) is 5.37. The third-order valence-corrected chi connectivity index (χ3v) is 6.35. The van der Waals surface area contributed by atoms with Crippen molar-refractivity contribution >= 4 is 17.3 Å². The molecule has 2 heterocycles. The highest BCUT2D eigenvalue weighted by atomic mass is 32.1. The molecule has 0 spiro atoms. The largest absolute Gasteiger partial charge is 0.496 e. The zero-order chi connectivity index (χ0) is 21.3. The third kappa shape index (κ3) is 5.37. The Hall–Kier alpha value is -2.45. The Balaban J connectivity index is 1.64. The molecule has 1 aromatic carbocycles. The van der Waals surface area contributed by atoms with Gasteiger partial charge >= 0.3 is 0 Å². The van der Waals surface area contributed by atoms with E-state index in [0.717, 1.165) is 36.9 Å². The van der Waals surface area contributed by atoms with E-state index in [9.17, 15) is 0 Å². The van der Waals surface area contributed by atoms with Crippen LogP contribution < -0.4 is 24.8 Å². The summed E-state index contributed by atoms with van der Waals surface area (Å²) in [6, 6.07) is 8.48. The Morgan fingerprint density at radius 1 is 1.07 bits per heavy atom. The minimum Gasteiger partial charge on any atom is -0.496 e. The summed E-state index contributed by atoms with van der Waals surface area (Å²) in [6.07, 6.45) is 2.54. The summed E-state index contributed by atoms with van der Waals surface area (Å²) in [7, 11) is 6.69. The van der Waals surface area contributed by atoms with Crippen molar-refractivity contribution in [2.45, 2.75) is 25.4 Å². The predicted molar refractivity (Wildman–Crippen MR) is 122 cm³/mol. The lowest BCUT2D eigenvalue weighted by molar-refractivity contribution is 0.249. The molecule has 1 fully saturated rings. The van der Waals surface area contributed by atoms with Gasteiger partial charge in [-0.3, -0.25) is 9.89 Å². The highest BCUT2D eigenvalue weighted by molar-refractivity contribution is 7.10. The van der Waals surface area contributed by atoms with Crippen LogP contribution in [0.1, 0.15) is 29.3 Å². The average molecular weight is 433 g/mol. The molecular formula is C22H32N4O3S. The van der Waals surface area contributed by atoms with E-state index < -0.39 is 0 Å². The van der Waals surface area contributed by atoms with Crippen LogP contribution in [0.3, 0.4) is 0 Å². The summed E-state index contributed by atoms with van der Waals surface area (Å²) >= 11 is 1.82. The van der Waals surface area contributed by atoms with Gasteiger partial charge < -0.3 is 24.8 Å². The monoisotopic (exact) mass is 432 g/mol. The van der Waals surface area contributed by atoms with Crippen LogP contribution in [0, 0.1) is 0 Å². The van der Waals surface area contributed by atoms with Gasteiger partial charge in [-0.15, -0.1) is 11.3 Å².